The smallest absolute Gasteiger partial charge is 0.344 e. The fraction of sp³-hybridized carbons (Fsp3) is 0.243. The van der Waals surface area contributed by atoms with Crippen LogP contribution in [0.1, 0.15) is 37.8 Å². The van der Waals surface area contributed by atoms with Crippen molar-refractivity contribution in [3.8, 4) is 28.7 Å². The molecule has 8 nitrogen and oxygen atoms in total. The molecule has 0 aliphatic rings. The summed E-state index contributed by atoms with van der Waals surface area (Å²) in [4.78, 5) is 16.6. The van der Waals surface area contributed by atoms with Gasteiger partial charge >= 0.3 is 5.97 Å². The van der Waals surface area contributed by atoms with Crippen LogP contribution in [0.15, 0.2) is 95.4 Å². The lowest BCUT2D eigenvalue weighted by Crippen LogP contribution is -2.14. The van der Waals surface area contributed by atoms with Crippen molar-refractivity contribution in [2.45, 2.75) is 40.8 Å². The Labute approximate surface area is 263 Å². The van der Waals surface area contributed by atoms with Gasteiger partial charge in [-0.15, -0.1) is 0 Å². The van der Waals surface area contributed by atoms with Crippen LogP contribution in [0.2, 0.25) is 0 Å². The first-order valence-corrected chi connectivity index (χ1v) is 15.2. The molecule has 0 spiro atoms. The van der Waals surface area contributed by atoms with E-state index in [0.717, 1.165) is 38.6 Å². The molecule has 45 heavy (non-hydrogen) atoms. The second-order valence-corrected chi connectivity index (χ2v) is 10.0. The highest BCUT2D eigenvalue weighted by Crippen LogP contribution is 2.37. The molecule has 0 unspecified atom stereocenters. The Balaban J connectivity index is 0.00000196. The summed E-state index contributed by atoms with van der Waals surface area (Å²) in [5.74, 6) is 2.77. The molecule has 0 aliphatic heterocycles. The van der Waals surface area contributed by atoms with Crippen LogP contribution in [0.5, 0.6) is 17.2 Å². The Morgan fingerprint density at radius 1 is 0.844 bits per heavy atom. The van der Waals surface area contributed by atoms with Gasteiger partial charge in [-0.3, -0.25) is 0 Å². The fourth-order valence-electron chi connectivity index (χ4n) is 5.22. The third-order valence-corrected chi connectivity index (χ3v) is 7.26. The predicted octanol–water partition coefficient (Wildman–Crippen LogP) is 8.36. The van der Waals surface area contributed by atoms with Gasteiger partial charge in [-0.05, 0) is 61.9 Å². The molecule has 0 saturated heterocycles. The number of benzene rings is 4. The number of hydrogen-bond donors (Lipinski definition) is 0. The fourth-order valence-corrected chi connectivity index (χ4v) is 5.22. The van der Waals surface area contributed by atoms with Gasteiger partial charge in [-0.1, -0.05) is 62.4 Å². The number of fused-ring (bicyclic) bond motifs is 3. The van der Waals surface area contributed by atoms with E-state index in [1.807, 2.05) is 93.6 Å². The minimum atomic E-state index is -0.395. The molecule has 8 heteroatoms. The summed E-state index contributed by atoms with van der Waals surface area (Å²) in [6, 6.07) is 29.8. The molecule has 0 fully saturated rings. The highest BCUT2D eigenvalue weighted by atomic mass is 16.6. The van der Waals surface area contributed by atoms with Gasteiger partial charge in [0.15, 0.2) is 18.1 Å². The van der Waals surface area contributed by atoms with Gasteiger partial charge in [0, 0.05) is 28.4 Å². The number of ether oxygens (including phenoxy) is 4. The van der Waals surface area contributed by atoms with Crippen LogP contribution >= 0.6 is 0 Å². The summed E-state index contributed by atoms with van der Waals surface area (Å²) in [6.07, 6.45) is 0. The first-order chi connectivity index (χ1) is 22.1. The number of carbonyl (C=O) groups excluding carboxylic acids is 1. The number of para-hydroxylation sites is 1. The van der Waals surface area contributed by atoms with Crippen molar-refractivity contribution in [2.24, 2.45) is 0 Å². The third kappa shape index (κ3) is 6.80. The van der Waals surface area contributed by atoms with E-state index in [0.29, 0.717) is 42.1 Å². The van der Waals surface area contributed by atoms with E-state index in [-0.39, 0.29) is 13.2 Å². The first kappa shape index (κ1) is 31.2. The summed E-state index contributed by atoms with van der Waals surface area (Å²) >= 11 is 0. The van der Waals surface area contributed by atoms with Gasteiger partial charge < -0.3 is 27.9 Å². The lowest BCUT2D eigenvalue weighted by atomic mass is 10.1. The second kappa shape index (κ2) is 14.5. The number of esters is 1. The molecule has 6 rings (SSSR count). The zero-order valence-electron chi connectivity index (χ0n) is 26.3. The van der Waals surface area contributed by atoms with Gasteiger partial charge in [0.1, 0.15) is 23.8 Å². The Morgan fingerprint density at radius 2 is 1.60 bits per heavy atom. The van der Waals surface area contributed by atoms with Gasteiger partial charge in [0.25, 0.3) is 0 Å². The number of hydrogen-bond acceptors (Lipinski definition) is 7. The van der Waals surface area contributed by atoms with Gasteiger partial charge in [-0.2, -0.15) is 0 Å². The molecule has 0 bridgehead atoms. The number of methoxy groups -OCH3 is 1. The van der Waals surface area contributed by atoms with Crippen LogP contribution in [0, 0.1) is 6.92 Å². The number of aryl methyl sites for hydroxylation is 1. The maximum atomic E-state index is 12.0. The van der Waals surface area contributed by atoms with Crippen LogP contribution in [0.4, 0.5) is 0 Å². The van der Waals surface area contributed by atoms with E-state index >= 15 is 0 Å². The molecule has 232 valence electrons. The minimum Gasteiger partial charge on any atom is -0.493 e. The average Bonchev–Trinajstić information content (AvgIpc) is 3.62. The van der Waals surface area contributed by atoms with Crippen molar-refractivity contribution in [1.29, 1.82) is 0 Å². The molecule has 0 amide bonds. The van der Waals surface area contributed by atoms with Crippen molar-refractivity contribution in [3.63, 3.8) is 0 Å². The molecule has 6 aromatic rings. The van der Waals surface area contributed by atoms with E-state index in [2.05, 4.69) is 27.8 Å². The van der Waals surface area contributed by atoms with Crippen LogP contribution in [0.3, 0.4) is 0 Å². The highest BCUT2D eigenvalue weighted by Gasteiger charge is 2.17. The average molecular weight is 607 g/mol. The van der Waals surface area contributed by atoms with Crippen molar-refractivity contribution in [1.82, 2.24) is 9.55 Å². The van der Waals surface area contributed by atoms with Gasteiger partial charge in [0.05, 0.1) is 19.2 Å². The topological polar surface area (TPSA) is 85.0 Å². The zero-order chi connectivity index (χ0) is 31.8. The molecular formula is C37H38N2O6. The number of carbonyl (C=O) groups is 1. The lowest BCUT2D eigenvalue weighted by Gasteiger charge is -2.13. The summed E-state index contributed by atoms with van der Waals surface area (Å²) < 4.78 is 31.0. The Morgan fingerprint density at radius 3 is 2.38 bits per heavy atom. The second-order valence-electron chi connectivity index (χ2n) is 10.0. The van der Waals surface area contributed by atoms with Crippen molar-refractivity contribution >= 4 is 27.8 Å². The highest BCUT2D eigenvalue weighted by molar-refractivity contribution is 6.11. The minimum absolute atomic E-state index is 0.146. The number of aromatic nitrogens is 2. The molecule has 0 aliphatic carbocycles. The molecule has 0 saturated carbocycles. The van der Waals surface area contributed by atoms with E-state index in [9.17, 15) is 4.79 Å². The summed E-state index contributed by atoms with van der Waals surface area (Å²) in [7, 11) is 1.63. The van der Waals surface area contributed by atoms with Gasteiger partial charge in [-0.25, -0.2) is 9.78 Å². The van der Waals surface area contributed by atoms with E-state index in [1.54, 1.807) is 14.0 Å². The third-order valence-electron chi connectivity index (χ3n) is 7.26. The van der Waals surface area contributed by atoms with E-state index < -0.39 is 5.97 Å². The number of rotatable bonds is 11. The maximum absolute atomic E-state index is 12.0. The summed E-state index contributed by atoms with van der Waals surface area (Å²) in [5, 5.41) is 1.99. The van der Waals surface area contributed by atoms with E-state index in [1.165, 1.54) is 0 Å². The maximum Gasteiger partial charge on any atom is 0.344 e. The zero-order valence-corrected chi connectivity index (χ0v) is 26.3. The number of nitrogens with zero attached hydrogens (tertiary/aromatic N) is 2. The normalized spacial score (nSPS) is 10.8. The van der Waals surface area contributed by atoms with Crippen LogP contribution < -0.4 is 14.2 Å². The Bertz CT molecular complexity index is 1890. The molecule has 0 N–H and O–H groups in total. The van der Waals surface area contributed by atoms with Crippen molar-refractivity contribution < 1.29 is 28.2 Å². The van der Waals surface area contributed by atoms with Crippen molar-refractivity contribution in [3.05, 3.63) is 108 Å². The monoisotopic (exact) mass is 606 g/mol. The van der Waals surface area contributed by atoms with Gasteiger partial charge in [0.2, 0.25) is 5.89 Å². The van der Waals surface area contributed by atoms with Crippen molar-refractivity contribution in [2.75, 3.05) is 20.3 Å². The molecule has 2 aromatic heterocycles. The molecule has 2 heterocycles. The lowest BCUT2D eigenvalue weighted by molar-refractivity contribution is -0.145. The summed E-state index contributed by atoms with van der Waals surface area (Å²) in [5.41, 5.74) is 4.74. The first-order valence-electron chi connectivity index (χ1n) is 15.2. The van der Waals surface area contributed by atoms with Crippen LogP contribution in [-0.4, -0.2) is 35.8 Å². The van der Waals surface area contributed by atoms with E-state index in [4.69, 9.17) is 23.4 Å². The standard InChI is InChI=1S/C35H32N2O6.C2H6/c1-4-40-33(38)22-42-31-16-10-15-29-34(31)26-13-8-9-14-28(26)37(29)20-24-17-18-30(32(19-24)39-3)41-21-27-23(2)43-35(36-27)25-11-6-5-7-12-25;1-2/h5-19H,4,20-22H2,1-3H3;1-2H3. The predicted molar refractivity (Wildman–Crippen MR) is 176 cm³/mol. The SMILES string of the molecule is CC.CCOC(=O)COc1cccc2c1c1ccccc1n2Cc1ccc(OCc2nc(-c3ccccc3)oc2C)c(OC)c1. The molecular weight excluding hydrogens is 568 g/mol. The molecule has 0 radical (unpaired) electrons. The van der Waals surface area contributed by atoms with Crippen LogP contribution in [-0.2, 0) is 22.7 Å². The van der Waals surface area contributed by atoms with Crippen LogP contribution in [0.25, 0.3) is 33.3 Å². The number of oxazole rings is 1. The summed E-state index contributed by atoms with van der Waals surface area (Å²) in [6.45, 7) is 8.67. The quantitative estimate of drug-likeness (QED) is 0.137. The molecule has 0 atom stereocenters. The molecule has 4 aromatic carbocycles. The Kier molecular flexibility index (Phi) is 10.0. The Hall–Kier alpha value is -5.24. The largest absolute Gasteiger partial charge is 0.493 e.